The molecule has 0 radical (unpaired) electrons. The Hall–Kier alpha value is -1.66. The van der Waals surface area contributed by atoms with Crippen LogP contribution in [-0.4, -0.2) is 33.1 Å². The molecule has 0 atom stereocenters. The predicted octanol–water partition coefficient (Wildman–Crippen LogP) is 1.87. The van der Waals surface area contributed by atoms with Crippen molar-refractivity contribution in [2.45, 2.75) is 45.7 Å². The molecule has 1 aliphatic rings. The van der Waals surface area contributed by atoms with Crippen LogP contribution in [0.3, 0.4) is 0 Å². The van der Waals surface area contributed by atoms with Crippen LogP contribution < -0.4 is 5.46 Å². The van der Waals surface area contributed by atoms with Crippen molar-refractivity contribution in [3.8, 4) is 5.82 Å². The van der Waals surface area contributed by atoms with Crippen LogP contribution in [-0.2, 0) is 9.31 Å². The SMILES string of the molecule is [2H]c1nc(-n2nc([2H])c(C([2H])([2H])[2H])c2[2H])c([2H])c([2H])c1B1OC(C)(C)C(C)(C)O1. The molecule has 0 bridgehead atoms. The van der Waals surface area contributed by atoms with E-state index in [9.17, 15) is 0 Å². The van der Waals surface area contributed by atoms with Crippen LogP contribution in [0.15, 0.2) is 30.6 Å². The van der Waals surface area contributed by atoms with Crippen molar-refractivity contribution in [2.24, 2.45) is 0 Å². The van der Waals surface area contributed by atoms with Crippen molar-refractivity contribution in [3.63, 3.8) is 0 Å². The number of hydrogen-bond donors (Lipinski definition) is 0. The van der Waals surface area contributed by atoms with Crippen molar-refractivity contribution in [3.05, 3.63) is 36.2 Å². The van der Waals surface area contributed by atoms with Gasteiger partial charge in [-0.3, -0.25) is 0 Å². The van der Waals surface area contributed by atoms with Gasteiger partial charge in [-0.15, -0.1) is 0 Å². The van der Waals surface area contributed by atoms with E-state index in [4.69, 9.17) is 20.3 Å². The van der Waals surface area contributed by atoms with Crippen LogP contribution in [0.25, 0.3) is 5.82 Å². The maximum absolute atomic E-state index is 8.34. The first-order valence-electron chi connectivity index (χ1n) is 10.5. The summed E-state index contributed by atoms with van der Waals surface area (Å²) in [6.45, 7) is 4.50. The Morgan fingerprint density at radius 1 is 1.19 bits per heavy atom. The molecule has 3 rings (SSSR count). The minimum absolute atomic E-state index is 0.0433. The molecule has 0 spiro atoms. The fraction of sp³-hybridized carbons (Fsp3) is 0.467. The summed E-state index contributed by atoms with van der Waals surface area (Å²) in [6, 6.07) is -0.894. The van der Waals surface area contributed by atoms with Gasteiger partial charge in [-0.2, -0.15) is 5.10 Å². The number of aromatic nitrogens is 3. The maximum Gasteiger partial charge on any atom is 0.496 e. The van der Waals surface area contributed by atoms with E-state index in [0.717, 1.165) is 0 Å². The molecule has 3 heterocycles. The van der Waals surface area contributed by atoms with Gasteiger partial charge in [0, 0.05) is 21.9 Å². The second-order valence-electron chi connectivity index (χ2n) is 5.81. The second-order valence-corrected chi connectivity index (χ2v) is 5.81. The average molecular weight is 293 g/mol. The lowest BCUT2D eigenvalue weighted by Crippen LogP contribution is -2.41. The number of nitrogens with zero attached hydrogens (tertiary/aromatic N) is 3. The molecule has 0 unspecified atom stereocenters. The summed E-state index contributed by atoms with van der Waals surface area (Å²) in [7, 11) is -1.08. The fourth-order valence-corrected chi connectivity index (χ4v) is 1.82. The number of hydrogen-bond acceptors (Lipinski definition) is 4. The zero-order chi connectivity index (χ0) is 22.1. The van der Waals surface area contributed by atoms with E-state index in [2.05, 4.69) is 10.1 Å². The van der Waals surface area contributed by atoms with E-state index in [-0.39, 0.29) is 11.3 Å². The summed E-state index contributed by atoms with van der Waals surface area (Å²) >= 11 is 0. The Bertz CT molecular complexity index is 973. The van der Waals surface area contributed by atoms with E-state index in [0.29, 0.717) is 4.68 Å². The lowest BCUT2D eigenvalue weighted by Gasteiger charge is -2.32. The molecule has 1 fully saturated rings. The molecule has 0 saturated carbocycles. The molecule has 2 aromatic heterocycles. The summed E-state index contributed by atoms with van der Waals surface area (Å²) in [6.07, 6.45) is -1.71. The third kappa shape index (κ3) is 2.49. The minimum atomic E-state index is -2.75. The summed E-state index contributed by atoms with van der Waals surface area (Å²) in [5.41, 5.74) is -2.07. The number of pyridine rings is 1. The standard InChI is InChI=1S/C15H20BN3O2/c1-11-8-18-19(10-11)13-7-6-12(9-17-13)16-20-14(2,3)15(4,5)21-16/h6-10H,1-5H3/i1D3,6D,7D,8D,9D,10D. The smallest absolute Gasteiger partial charge is 0.399 e. The quantitative estimate of drug-likeness (QED) is 0.793. The van der Waals surface area contributed by atoms with Crippen LogP contribution in [0.4, 0.5) is 0 Å². The monoisotopic (exact) mass is 293 g/mol. The van der Waals surface area contributed by atoms with Crippen molar-refractivity contribution in [1.82, 2.24) is 14.8 Å². The van der Waals surface area contributed by atoms with Crippen LogP contribution in [0.2, 0.25) is 0 Å². The first kappa shape index (κ1) is 7.56. The van der Waals surface area contributed by atoms with Crippen molar-refractivity contribution < 1.29 is 20.3 Å². The molecule has 0 N–H and O–H groups in total. The Morgan fingerprint density at radius 3 is 2.52 bits per heavy atom. The Labute approximate surface area is 136 Å². The van der Waals surface area contributed by atoms with Gasteiger partial charge < -0.3 is 9.31 Å². The Morgan fingerprint density at radius 2 is 1.90 bits per heavy atom. The van der Waals surface area contributed by atoms with E-state index in [1.807, 2.05) is 27.7 Å². The average Bonchev–Trinajstić information content (AvgIpc) is 2.94. The number of rotatable bonds is 2. The van der Waals surface area contributed by atoms with Gasteiger partial charge >= 0.3 is 7.12 Å². The molecule has 5 nitrogen and oxygen atoms in total. The van der Waals surface area contributed by atoms with E-state index < -0.39 is 61.3 Å². The van der Waals surface area contributed by atoms with E-state index in [1.165, 1.54) is 0 Å². The molecule has 1 aliphatic heterocycles. The van der Waals surface area contributed by atoms with Gasteiger partial charge in [-0.1, -0.05) is 6.04 Å². The summed E-state index contributed by atoms with van der Waals surface area (Å²) in [4.78, 5) is 3.95. The highest BCUT2D eigenvalue weighted by molar-refractivity contribution is 6.62. The Balaban J connectivity index is 2.14. The van der Waals surface area contributed by atoms with E-state index >= 15 is 0 Å². The van der Waals surface area contributed by atoms with Crippen LogP contribution in [0, 0.1) is 6.85 Å². The van der Waals surface area contributed by atoms with Gasteiger partial charge in [-0.25, -0.2) is 9.67 Å². The molecule has 1 saturated heterocycles. The first-order valence-corrected chi connectivity index (χ1v) is 6.49. The van der Waals surface area contributed by atoms with Crippen molar-refractivity contribution in [2.75, 3.05) is 0 Å². The third-order valence-electron chi connectivity index (χ3n) is 3.76. The zero-order valence-electron chi connectivity index (χ0n) is 20.2. The summed E-state index contributed by atoms with van der Waals surface area (Å²) in [5, 5.41) is 3.69. The van der Waals surface area contributed by atoms with Gasteiger partial charge in [0.25, 0.3) is 0 Å². The highest BCUT2D eigenvalue weighted by Crippen LogP contribution is 2.36. The molecule has 2 aromatic rings. The minimum Gasteiger partial charge on any atom is -0.399 e. The highest BCUT2D eigenvalue weighted by Gasteiger charge is 2.51. The summed E-state index contributed by atoms with van der Waals surface area (Å²) < 4.78 is 75.4. The normalized spacial score (nSPS) is 26.0. The predicted molar refractivity (Wildman–Crippen MR) is 81.8 cm³/mol. The topological polar surface area (TPSA) is 49.2 Å². The summed E-state index contributed by atoms with van der Waals surface area (Å²) in [5.74, 6) is -0.380. The molecular formula is C15H20BN3O2. The lowest BCUT2D eigenvalue weighted by atomic mass is 9.80. The molecule has 110 valence electrons. The van der Waals surface area contributed by atoms with E-state index in [1.54, 1.807) is 0 Å². The second kappa shape index (κ2) is 4.68. The molecule has 6 heteroatoms. The van der Waals surface area contributed by atoms with Gasteiger partial charge in [-0.05, 0) is 46.2 Å². The van der Waals surface area contributed by atoms with Crippen LogP contribution in [0.1, 0.15) is 44.2 Å². The fourth-order valence-electron chi connectivity index (χ4n) is 1.82. The first-order chi connectivity index (χ1) is 13.1. The van der Waals surface area contributed by atoms with Gasteiger partial charge in [0.2, 0.25) is 0 Å². The van der Waals surface area contributed by atoms with Gasteiger partial charge in [0.15, 0.2) is 5.82 Å². The van der Waals surface area contributed by atoms with Crippen LogP contribution >= 0.6 is 0 Å². The van der Waals surface area contributed by atoms with Gasteiger partial charge in [0.1, 0.15) is 0 Å². The van der Waals surface area contributed by atoms with Gasteiger partial charge in [0.05, 0.1) is 24.2 Å². The molecule has 0 aromatic carbocycles. The van der Waals surface area contributed by atoms with Crippen LogP contribution in [0.5, 0.6) is 0 Å². The van der Waals surface area contributed by atoms with Crippen molar-refractivity contribution in [1.29, 1.82) is 0 Å². The maximum atomic E-state index is 8.34. The van der Waals surface area contributed by atoms with Crippen molar-refractivity contribution >= 4 is 12.6 Å². The molecule has 21 heavy (non-hydrogen) atoms. The largest absolute Gasteiger partial charge is 0.496 e. The Kier molecular flexibility index (Phi) is 1.68. The highest BCUT2D eigenvalue weighted by atomic mass is 16.7. The lowest BCUT2D eigenvalue weighted by molar-refractivity contribution is 0.00578. The zero-order valence-corrected chi connectivity index (χ0v) is 12.2. The molecule has 0 aliphatic carbocycles. The third-order valence-corrected chi connectivity index (χ3v) is 3.76. The molecular weight excluding hydrogens is 265 g/mol. The molecule has 0 amide bonds.